The zero-order valence-corrected chi connectivity index (χ0v) is 8.14. The molecule has 0 radical (unpaired) electrons. The number of ether oxygens (including phenoxy) is 1. The normalized spacial score (nSPS) is 10.1. The highest BCUT2D eigenvalue weighted by atomic mass is 35.5. The summed E-state index contributed by atoms with van der Waals surface area (Å²) in [6.07, 6.45) is 3.11. The summed E-state index contributed by atoms with van der Waals surface area (Å²) in [5, 5.41) is 4.33. The Hall–Kier alpha value is -1.62. The average molecular weight is 211 g/mol. The molecule has 72 valence electrons. The first kappa shape index (κ1) is 8.96. The first-order valence-corrected chi connectivity index (χ1v) is 4.27. The van der Waals surface area contributed by atoms with Gasteiger partial charge in [-0.1, -0.05) is 11.6 Å². The van der Waals surface area contributed by atoms with Gasteiger partial charge in [-0.3, -0.25) is 4.68 Å². The molecule has 0 amide bonds. The lowest BCUT2D eigenvalue weighted by atomic mass is 10.5. The van der Waals surface area contributed by atoms with Crippen LogP contribution in [0.15, 0.2) is 24.7 Å². The molecular weight excluding hydrogens is 204 g/mol. The summed E-state index contributed by atoms with van der Waals surface area (Å²) in [7, 11) is 1.76. The van der Waals surface area contributed by atoms with Crippen LogP contribution in [-0.2, 0) is 7.05 Å². The van der Waals surface area contributed by atoms with Gasteiger partial charge in [0.1, 0.15) is 17.2 Å². The smallest absolute Gasteiger partial charge is 0.340 e. The van der Waals surface area contributed by atoms with Gasteiger partial charge >= 0.3 is 6.01 Å². The van der Waals surface area contributed by atoms with Crippen LogP contribution < -0.4 is 4.74 Å². The quantitative estimate of drug-likeness (QED) is 0.708. The Morgan fingerprint density at radius 3 is 2.93 bits per heavy atom. The van der Waals surface area contributed by atoms with Crippen molar-refractivity contribution in [1.29, 1.82) is 0 Å². The highest BCUT2D eigenvalue weighted by Crippen LogP contribution is 2.18. The topological polar surface area (TPSA) is 52.8 Å². The van der Waals surface area contributed by atoms with Crippen molar-refractivity contribution in [1.82, 2.24) is 19.7 Å². The van der Waals surface area contributed by atoms with E-state index in [4.69, 9.17) is 16.3 Å². The molecule has 0 fully saturated rings. The van der Waals surface area contributed by atoms with Gasteiger partial charge in [0.25, 0.3) is 0 Å². The van der Waals surface area contributed by atoms with Gasteiger partial charge in [-0.05, 0) is 6.07 Å². The van der Waals surface area contributed by atoms with Gasteiger partial charge in [0.15, 0.2) is 0 Å². The second-order valence-electron chi connectivity index (χ2n) is 2.62. The Labute approximate surface area is 85.3 Å². The van der Waals surface area contributed by atoms with Gasteiger partial charge in [-0.25, -0.2) is 4.98 Å². The average Bonchev–Trinajstić information content (AvgIpc) is 2.51. The third-order valence-corrected chi connectivity index (χ3v) is 1.69. The van der Waals surface area contributed by atoms with Crippen molar-refractivity contribution in [3.63, 3.8) is 0 Å². The van der Waals surface area contributed by atoms with E-state index in [1.165, 1.54) is 0 Å². The zero-order chi connectivity index (χ0) is 9.97. The van der Waals surface area contributed by atoms with E-state index in [2.05, 4.69) is 15.1 Å². The maximum atomic E-state index is 5.68. The van der Waals surface area contributed by atoms with E-state index in [0.717, 1.165) is 0 Å². The van der Waals surface area contributed by atoms with Crippen LogP contribution in [0.1, 0.15) is 0 Å². The Balaban J connectivity index is 2.18. The lowest BCUT2D eigenvalue weighted by Gasteiger charge is -1.99. The van der Waals surface area contributed by atoms with Gasteiger partial charge in [0.05, 0.1) is 0 Å². The van der Waals surface area contributed by atoms with Crippen LogP contribution in [0.2, 0.25) is 5.15 Å². The molecule has 0 N–H and O–H groups in total. The molecule has 0 aliphatic rings. The zero-order valence-electron chi connectivity index (χ0n) is 7.38. The van der Waals surface area contributed by atoms with Crippen LogP contribution in [0, 0.1) is 0 Å². The van der Waals surface area contributed by atoms with Gasteiger partial charge in [0.2, 0.25) is 0 Å². The third-order valence-electron chi connectivity index (χ3n) is 1.49. The summed E-state index contributed by atoms with van der Waals surface area (Å²) in [4.78, 5) is 7.73. The number of hydrogen-bond donors (Lipinski definition) is 0. The molecule has 0 aliphatic carbocycles. The van der Waals surface area contributed by atoms with Crippen molar-refractivity contribution in [2.75, 3.05) is 0 Å². The largest absolute Gasteiger partial charge is 0.423 e. The molecule has 0 spiro atoms. The second kappa shape index (κ2) is 3.63. The Morgan fingerprint density at radius 2 is 2.29 bits per heavy atom. The summed E-state index contributed by atoms with van der Waals surface area (Å²) in [5.74, 6) is 0.566. The Bertz CT molecular complexity index is 442. The molecule has 2 aromatic heterocycles. The van der Waals surface area contributed by atoms with Gasteiger partial charge in [-0.15, -0.1) is 5.10 Å². The number of pyridine rings is 1. The van der Waals surface area contributed by atoms with Crippen molar-refractivity contribution in [3.8, 4) is 11.8 Å². The van der Waals surface area contributed by atoms with E-state index >= 15 is 0 Å². The van der Waals surface area contributed by atoms with Crippen molar-refractivity contribution in [3.05, 3.63) is 29.8 Å². The van der Waals surface area contributed by atoms with Gasteiger partial charge in [0, 0.05) is 19.3 Å². The van der Waals surface area contributed by atoms with E-state index < -0.39 is 0 Å². The van der Waals surface area contributed by atoms with Crippen LogP contribution >= 0.6 is 11.6 Å². The molecule has 14 heavy (non-hydrogen) atoms. The van der Waals surface area contributed by atoms with Crippen molar-refractivity contribution in [2.24, 2.45) is 7.05 Å². The summed E-state index contributed by atoms with van der Waals surface area (Å²) in [5.41, 5.74) is 0. The van der Waals surface area contributed by atoms with E-state index in [9.17, 15) is 0 Å². The fourth-order valence-corrected chi connectivity index (χ4v) is 1.08. The minimum Gasteiger partial charge on any atom is -0.423 e. The van der Waals surface area contributed by atoms with E-state index in [1.807, 2.05) is 0 Å². The fourth-order valence-electron chi connectivity index (χ4n) is 0.920. The fraction of sp³-hybridized carbons (Fsp3) is 0.125. The van der Waals surface area contributed by atoms with Crippen LogP contribution in [0.4, 0.5) is 0 Å². The van der Waals surface area contributed by atoms with Gasteiger partial charge in [-0.2, -0.15) is 4.98 Å². The molecular formula is C8H7ClN4O. The molecule has 0 unspecified atom stereocenters. The van der Waals surface area contributed by atoms with Crippen molar-refractivity contribution < 1.29 is 4.74 Å². The molecule has 0 aromatic carbocycles. The lowest BCUT2D eigenvalue weighted by molar-refractivity contribution is 0.438. The molecule has 2 aromatic rings. The van der Waals surface area contributed by atoms with E-state index in [1.54, 1.807) is 36.4 Å². The van der Waals surface area contributed by atoms with E-state index in [-0.39, 0.29) is 6.01 Å². The van der Waals surface area contributed by atoms with Gasteiger partial charge < -0.3 is 4.74 Å². The molecule has 0 saturated heterocycles. The first-order valence-electron chi connectivity index (χ1n) is 3.89. The second-order valence-corrected chi connectivity index (χ2v) is 3.00. The number of aromatic nitrogens is 4. The molecule has 0 saturated carbocycles. The summed E-state index contributed by atoms with van der Waals surface area (Å²) in [6, 6.07) is 3.56. The van der Waals surface area contributed by atoms with E-state index in [0.29, 0.717) is 10.9 Å². The molecule has 2 heterocycles. The number of rotatable bonds is 2. The molecule has 0 aliphatic heterocycles. The molecule has 0 atom stereocenters. The number of hydrogen-bond acceptors (Lipinski definition) is 4. The summed E-state index contributed by atoms with van der Waals surface area (Å²) >= 11 is 5.68. The minimum atomic E-state index is 0.287. The highest BCUT2D eigenvalue weighted by Gasteiger charge is 2.02. The standard InChI is InChI=1S/C8H7ClN4O/c1-13-5-11-8(12-13)14-6-2-3-10-7(9)4-6/h2-5H,1H3. The predicted octanol–water partition coefficient (Wildman–Crippen LogP) is 1.66. The van der Waals surface area contributed by atoms with Crippen molar-refractivity contribution in [2.45, 2.75) is 0 Å². The maximum absolute atomic E-state index is 5.68. The monoisotopic (exact) mass is 210 g/mol. The molecule has 2 rings (SSSR count). The summed E-state index contributed by atoms with van der Waals surface area (Å²) < 4.78 is 6.87. The van der Waals surface area contributed by atoms with Crippen LogP contribution in [0.3, 0.4) is 0 Å². The maximum Gasteiger partial charge on any atom is 0.340 e. The molecule has 0 bridgehead atoms. The number of aryl methyl sites for hydroxylation is 1. The lowest BCUT2D eigenvalue weighted by Crippen LogP contribution is -1.90. The molecule has 6 heteroatoms. The summed E-state index contributed by atoms with van der Waals surface area (Å²) in [6.45, 7) is 0. The van der Waals surface area contributed by atoms with Crippen molar-refractivity contribution >= 4 is 11.6 Å². The van der Waals surface area contributed by atoms with Crippen LogP contribution in [0.25, 0.3) is 0 Å². The van der Waals surface area contributed by atoms with Crippen LogP contribution in [-0.4, -0.2) is 19.7 Å². The first-order chi connectivity index (χ1) is 6.74. The SMILES string of the molecule is Cn1cnc(Oc2ccnc(Cl)c2)n1. The number of halogens is 1. The molecule has 5 nitrogen and oxygen atoms in total. The number of nitrogens with zero attached hydrogens (tertiary/aromatic N) is 4. The third kappa shape index (κ3) is 2.00. The Kier molecular flexibility index (Phi) is 2.32. The Morgan fingerprint density at radius 1 is 1.43 bits per heavy atom. The predicted molar refractivity (Wildman–Crippen MR) is 50.3 cm³/mol. The minimum absolute atomic E-state index is 0.287. The van der Waals surface area contributed by atoms with Crippen LogP contribution in [0.5, 0.6) is 11.8 Å². The highest BCUT2D eigenvalue weighted by molar-refractivity contribution is 6.29.